The molecule has 1 aliphatic carbocycles. The Morgan fingerprint density at radius 3 is 2.45 bits per heavy atom. The standard InChI is InChI=1S/C16H23NO3/c1-11-3-4-14(12(2)15(11)18)17-13-5-7-16(8-6-13)19-9-10-20-16/h3-4,13,17-18H,5-10H2,1-2H3. The summed E-state index contributed by atoms with van der Waals surface area (Å²) in [6.07, 6.45) is 3.96. The zero-order valence-corrected chi connectivity index (χ0v) is 12.2. The van der Waals surface area contributed by atoms with Crippen molar-refractivity contribution >= 4 is 5.69 Å². The van der Waals surface area contributed by atoms with Gasteiger partial charge in [-0.05, 0) is 38.3 Å². The van der Waals surface area contributed by atoms with Gasteiger partial charge in [-0.1, -0.05) is 6.07 Å². The molecule has 1 spiro atoms. The van der Waals surface area contributed by atoms with Crippen LogP contribution < -0.4 is 5.32 Å². The lowest BCUT2D eigenvalue weighted by atomic mass is 9.89. The second kappa shape index (κ2) is 5.26. The Kier molecular flexibility index (Phi) is 3.61. The molecule has 1 aliphatic heterocycles. The quantitative estimate of drug-likeness (QED) is 0.872. The van der Waals surface area contributed by atoms with Crippen molar-refractivity contribution in [3.05, 3.63) is 23.3 Å². The van der Waals surface area contributed by atoms with Crippen LogP contribution in [0.25, 0.3) is 0 Å². The van der Waals surface area contributed by atoms with Crippen LogP contribution >= 0.6 is 0 Å². The van der Waals surface area contributed by atoms with Crippen LogP contribution in [0, 0.1) is 13.8 Å². The van der Waals surface area contributed by atoms with E-state index in [1.165, 1.54) is 0 Å². The molecule has 1 saturated carbocycles. The molecule has 0 radical (unpaired) electrons. The summed E-state index contributed by atoms with van der Waals surface area (Å²) in [6.45, 7) is 5.33. The predicted octanol–water partition coefficient (Wildman–Crippen LogP) is 3.11. The SMILES string of the molecule is Cc1ccc(NC2CCC3(CC2)OCCO3)c(C)c1O. The van der Waals surface area contributed by atoms with Crippen LogP contribution in [0.3, 0.4) is 0 Å². The van der Waals surface area contributed by atoms with Crippen LogP contribution in [0.1, 0.15) is 36.8 Å². The Morgan fingerprint density at radius 2 is 1.80 bits per heavy atom. The highest BCUT2D eigenvalue weighted by Crippen LogP contribution is 2.37. The zero-order chi connectivity index (χ0) is 14.2. The molecule has 2 aliphatic rings. The molecular formula is C16H23NO3. The fourth-order valence-corrected chi connectivity index (χ4v) is 3.20. The number of rotatable bonds is 2. The normalized spacial score (nSPS) is 22.3. The predicted molar refractivity (Wildman–Crippen MR) is 78.1 cm³/mol. The molecular weight excluding hydrogens is 254 g/mol. The van der Waals surface area contributed by atoms with Crippen molar-refractivity contribution in [2.24, 2.45) is 0 Å². The minimum Gasteiger partial charge on any atom is -0.507 e. The third-order valence-corrected chi connectivity index (χ3v) is 4.55. The van der Waals surface area contributed by atoms with Gasteiger partial charge >= 0.3 is 0 Å². The van der Waals surface area contributed by atoms with Crippen LogP contribution in [0.5, 0.6) is 5.75 Å². The Morgan fingerprint density at radius 1 is 1.15 bits per heavy atom. The van der Waals surface area contributed by atoms with E-state index < -0.39 is 0 Å². The van der Waals surface area contributed by atoms with Crippen molar-refractivity contribution in [1.29, 1.82) is 0 Å². The van der Waals surface area contributed by atoms with Crippen molar-refractivity contribution in [1.82, 2.24) is 0 Å². The maximum Gasteiger partial charge on any atom is 0.168 e. The van der Waals surface area contributed by atoms with Crippen molar-refractivity contribution in [3.63, 3.8) is 0 Å². The maximum atomic E-state index is 10.0. The highest BCUT2D eigenvalue weighted by molar-refractivity contribution is 5.59. The molecule has 2 fully saturated rings. The molecule has 3 rings (SSSR count). The molecule has 0 amide bonds. The Balaban J connectivity index is 1.64. The summed E-state index contributed by atoms with van der Waals surface area (Å²) in [5.41, 5.74) is 2.88. The summed E-state index contributed by atoms with van der Waals surface area (Å²) < 4.78 is 11.5. The molecule has 0 aromatic heterocycles. The van der Waals surface area contributed by atoms with Crippen LogP contribution in [0.15, 0.2) is 12.1 Å². The topological polar surface area (TPSA) is 50.7 Å². The summed E-state index contributed by atoms with van der Waals surface area (Å²) in [5.74, 6) is 0.0903. The molecule has 0 unspecified atom stereocenters. The number of aromatic hydroxyl groups is 1. The third-order valence-electron chi connectivity index (χ3n) is 4.55. The molecule has 2 N–H and O–H groups in total. The van der Waals surface area contributed by atoms with Gasteiger partial charge in [0.25, 0.3) is 0 Å². The molecule has 1 heterocycles. The molecule has 20 heavy (non-hydrogen) atoms. The summed E-state index contributed by atoms with van der Waals surface area (Å²) in [4.78, 5) is 0. The van der Waals surface area contributed by atoms with Crippen molar-refractivity contribution in [2.75, 3.05) is 18.5 Å². The smallest absolute Gasteiger partial charge is 0.168 e. The Labute approximate surface area is 120 Å². The zero-order valence-electron chi connectivity index (χ0n) is 12.2. The second-order valence-corrected chi connectivity index (χ2v) is 5.93. The van der Waals surface area contributed by atoms with E-state index in [0.717, 1.165) is 55.7 Å². The van der Waals surface area contributed by atoms with Gasteiger partial charge in [0.15, 0.2) is 5.79 Å². The Hall–Kier alpha value is -1.26. The number of benzene rings is 1. The lowest BCUT2D eigenvalue weighted by molar-refractivity contribution is -0.177. The van der Waals surface area contributed by atoms with E-state index in [4.69, 9.17) is 9.47 Å². The first-order chi connectivity index (χ1) is 9.60. The molecule has 110 valence electrons. The van der Waals surface area contributed by atoms with Crippen LogP contribution in [-0.2, 0) is 9.47 Å². The van der Waals surface area contributed by atoms with Crippen molar-refractivity contribution in [3.8, 4) is 5.75 Å². The number of nitrogens with one attached hydrogen (secondary N) is 1. The number of phenols is 1. The van der Waals surface area contributed by atoms with Gasteiger partial charge in [0, 0.05) is 30.1 Å². The summed E-state index contributed by atoms with van der Waals surface area (Å²) >= 11 is 0. The van der Waals surface area contributed by atoms with Gasteiger partial charge in [0.1, 0.15) is 5.75 Å². The minimum absolute atomic E-state index is 0.303. The second-order valence-electron chi connectivity index (χ2n) is 5.93. The highest BCUT2D eigenvalue weighted by atomic mass is 16.7. The number of ether oxygens (including phenoxy) is 2. The minimum atomic E-state index is -0.303. The number of anilines is 1. The first kappa shape index (κ1) is 13.7. The monoisotopic (exact) mass is 277 g/mol. The lowest BCUT2D eigenvalue weighted by Crippen LogP contribution is -2.39. The largest absolute Gasteiger partial charge is 0.507 e. The lowest BCUT2D eigenvalue weighted by Gasteiger charge is -2.36. The van der Waals surface area contributed by atoms with Crippen molar-refractivity contribution in [2.45, 2.75) is 51.4 Å². The summed E-state index contributed by atoms with van der Waals surface area (Å²) in [6, 6.07) is 4.43. The average molecular weight is 277 g/mol. The highest BCUT2D eigenvalue weighted by Gasteiger charge is 2.40. The van der Waals surface area contributed by atoms with E-state index in [9.17, 15) is 5.11 Å². The van der Waals surface area contributed by atoms with E-state index in [-0.39, 0.29) is 5.79 Å². The average Bonchev–Trinajstić information content (AvgIpc) is 2.91. The van der Waals surface area contributed by atoms with Crippen LogP contribution in [0.2, 0.25) is 0 Å². The number of hydrogen-bond donors (Lipinski definition) is 2. The van der Waals surface area contributed by atoms with E-state index in [0.29, 0.717) is 11.8 Å². The van der Waals surface area contributed by atoms with Gasteiger partial charge in [-0.15, -0.1) is 0 Å². The molecule has 4 nitrogen and oxygen atoms in total. The molecule has 1 saturated heterocycles. The van der Waals surface area contributed by atoms with Gasteiger partial charge in [0.2, 0.25) is 0 Å². The van der Waals surface area contributed by atoms with E-state index in [1.54, 1.807) is 0 Å². The fourth-order valence-electron chi connectivity index (χ4n) is 3.20. The number of hydrogen-bond acceptors (Lipinski definition) is 4. The number of aryl methyl sites for hydroxylation is 1. The molecule has 1 aromatic carbocycles. The van der Waals surface area contributed by atoms with Gasteiger partial charge < -0.3 is 19.9 Å². The van der Waals surface area contributed by atoms with Gasteiger partial charge in [-0.2, -0.15) is 0 Å². The van der Waals surface area contributed by atoms with E-state index >= 15 is 0 Å². The summed E-state index contributed by atoms with van der Waals surface area (Å²) in [7, 11) is 0. The first-order valence-corrected chi connectivity index (χ1v) is 7.43. The van der Waals surface area contributed by atoms with Crippen molar-refractivity contribution < 1.29 is 14.6 Å². The number of phenolic OH excluding ortho intramolecular Hbond substituents is 1. The molecule has 1 aromatic rings. The molecule has 4 heteroatoms. The van der Waals surface area contributed by atoms with Gasteiger partial charge in [0.05, 0.1) is 13.2 Å². The first-order valence-electron chi connectivity index (χ1n) is 7.43. The molecule has 0 atom stereocenters. The van der Waals surface area contributed by atoms with E-state index in [1.807, 2.05) is 19.9 Å². The third kappa shape index (κ3) is 2.50. The summed E-state index contributed by atoms with van der Waals surface area (Å²) in [5, 5.41) is 13.6. The van der Waals surface area contributed by atoms with Crippen LogP contribution in [-0.4, -0.2) is 30.1 Å². The van der Waals surface area contributed by atoms with Crippen LogP contribution in [0.4, 0.5) is 5.69 Å². The van der Waals surface area contributed by atoms with Gasteiger partial charge in [-0.25, -0.2) is 0 Å². The Bertz CT molecular complexity index is 485. The van der Waals surface area contributed by atoms with E-state index in [2.05, 4.69) is 11.4 Å². The fraction of sp³-hybridized carbons (Fsp3) is 0.625. The molecule has 0 bridgehead atoms. The maximum absolute atomic E-state index is 10.0. The van der Waals surface area contributed by atoms with Gasteiger partial charge in [-0.3, -0.25) is 0 Å².